The van der Waals surface area contributed by atoms with Crippen LogP contribution in [-0.2, 0) is 5.41 Å². The first-order chi connectivity index (χ1) is 6.95. The summed E-state index contributed by atoms with van der Waals surface area (Å²) in [4.78, 5) is 0. The van der Waals surface area contributed by atoms with Crippen LogP contribution in [0.4, 0.5) is 5.69 Å². The van der Waals surface area contributed by atoms with Gasteiger partial charge < -0.3 is 5.73 Å². The summed E-state index contributed by atoms with van der Waals surface area (Å²) in [6.07, 6.45) is 5.41. The Balaban J connectivity index is 0.000000921. The maximum Gasteiger partial charge on any atom is 0.0317 e. The molecule has 0 aliphatic rings. The summed E-state index contributed by atoms with van der Waals surface area (Å²) in [7, 11) is 0. The average molecular weight is 203 g/mol. The molecule has 1 rings (SSSR count). The van der Waals surface area contributed by atoms with Crippen LogP contribution in [0.3, 0.4) is 0 Å². The van der Waals surface area contributed by atoms with Crippen LogP contribution in [0, 0.1) is 12.3 Å². The van der Waals surface area contributed by atoms with Gasteiger partial charge in [-0.25, -0.2) is 0 Å². The molecular formula is C14H21N. The predicted molar refractivity (Wildman–Crippen MR) is 68.8 cm³/mol. The second kappa shape index (κ2) is 5.46. The molecule has 15 heavy (non-hydrogen) atoms. The smallest absolute Gasteiger partial charge is 0.0317 e. The third-order valence-corrected chi connectivity index (χ3v) is 2.01. The molecular weight excluding hydrogens is 182 g/mol. The van der Waals surface area contributed by atoms with Crippen LogP contribution in [0.25, 0.3) is 0 Å². The van der Waals surface area contributed by atoms with E-state index >= 15 is 0 Å². The molecule has 0 spiro atoms. The normalized spacial score (nSPS) is 9.87. The summed E-state index contributed by atoms with van der Waals surface area (Å²) in [6, 6.07) is 5.69. The maximum atomic E-state index is 5.71. The van der Waals surface area contributed by atoms with Gasteiger partial charge in [0.15, 0.2) is 0 Å². The SMILES string of the molecule is C#Cc1ccc(N)cc1C(C)(C)C.CC. The van der Waals surface area contributed by atoms with Gasteiger partial charge in [-0.05, 0) is 29.2 Å². The van der Waals surface area contributed by atoms with Gasteiger partial charge in [0.05, 0.1) is 0 Å². The Morgan fingerprint density at radius 3 is 2.13 bits per heavy atom. The molecule has 0 bridgehead atoms. The van der Waals surface area contributed by atoms with Crippen LogP contribution in [-0.4, -0.2) is 0 Å². The molecule has 0 amide bonds. The van der Waals surface area contributed by atoms with E-state index in [0.717, 1.165) is 16.8 Å². The highest BCUT2D eigenvalue weighted by molar-refractivity contribution is 5.52. The number of hydrogen-bond acceptors (Lipinski definition) is 1. The molecule has 1 heteroatoms. The first-order valence-electron chi connectivity index (χ1n) is 5.32. The summed E-state index contributed by atoms with van der Waals surface area (Å²) in [5, 5.41) is 0. The van der Waals surface area contributed by atoms with E-state index in [1.807, 2.05) is 32.0 Å². The zero-order valence-corrected chi connectivity index (χ0v) is 10.4. The highest BCUT2D eigenvalue weighted by Crippen LogP contribution is 2.27. The van der Waals surface area contributed by atoms with E-state index in [1.54, 1.807) is 0 Å². The van der Waals surface area contributed by atoms with Crippen LogP contribution in [0.15, 0.2) is 18.2 Å². The lowest BCUT2D eigenvalue weighted by Crippen LogP contribution is -2.13. The highest BCUT2D eigenvalue weighted by atomic mass is 14.5. The quantitative estimate of drug-likeness (QED) is 0.506. The second-order valence-electron chi connectivity index (χ2n) is 4.20. The summed E-state index contributed by atoms with van der Waals surface area (Å²) < 4.78 is 0. The van der Waals surface area contributed by atoms with Crippen molar-refractivity contribution in [1.29, 1.82) is 0 Å². The number of hydrogen-bond donors (Lipinski definition) is 1. The lowest BCUT2D eigenvalue weighted by Gasteiger charge is -2.21. The molecule has 0 atom stereocenters. The van der Waals surface area contributed by atoms with Crippen LogP contribution >= 0.6 is 0 Å². The number of nitrogens with two attached hydrogens (primary N) is 1. The van der Waals surface area contributed by atoms with Crippen molar-refractivity contribution in [2.24, 2.45) is 0 Å². The Labute approximate surface area is 93.7 Å². The minimum absolute atomic E-state index is 0.0527. The van der Waals surface area contributed by atoms with Crippen molar-refractivity contribution in [2.75, 3.05) is 5.73 Å². The summed E-state index contributed by atoms with van der Waals surface area (Å²) in [5.41, 5.74) is 8.60. The van der Waals surface area contributed by atoms with E-state index < -0.39 is 0 Å². The molecule has 1 aromatic rings. The third-order valence-electron chi connectivity index (χ3n) is 2.01. The van der Waals surface area contributed by atoms with Crippen LogP contribution in [0.1, 0.15) is 45.7 Å². The first-order valence-corrected chi connectivity index (χ1v) is 5.32. The molecule has 0 saturated carbocycles. The first kappa shape index (κ1) is 13.6. The molecule has 0 unspecified atom stereocenters. The van der Waals surface area contributed by atoms with Crippen molar-refractivity contribution in [1.82, 2.24) is 0 Å². The molecule has 0 aliphatic carbocycles. The lowest BCUT2D eigenvalue weighted by molar-refractivity contribution is 0.589. The van der Waals surface area contributed by atoms with E-state index in [9.17, 15) is 0 Å². The molecule has 0 fully saturated rings. The zero-order chi connectivity index (χ0) is 12.1. The Morgan fingerprint density at radius 2 is 1.73 bits per heavy atom. The monoisotopic (exact) mass is 203 g/mol. The summed E-state index contributed by atoms with van der Waals surface area (Å²) >= 11 is 0. The third kappa shape index (κ3) is 3.67. The summed E-state index contributed by atoms with van der Waals surface area (Å²) in [5.74, 6) is 2.67. The zero-order valence-electron chi connectivity index (χ0n) is 10.4. The fourth-order valence-corrected chi connectivity index (χ4v) is 1.31. The largest absolute Gasteiger partial charge is 0.399 e. The topological polar surface area (TPSA) is 26.0 Å². The number of rotatable bonds is 0. The molecule has 0 saturated heterocycles. The van der Waals surface area contributed by atoms with Crippen LogP contribution < -0.4 is 5.73 Å². The molecule has 0 aromatic heterocycles. The molecule has 2 N–H and O–H groups in total. The fourth-order valence-electron chi connectivity index (χ4n) is 1.31. The van der Waals surface area contributed by atoms with Crippen molar-refractivity contribution >= 4 is 5.69 Å². The minimum Gasteiger partial charge on any atom is -0.399 e. The van der Waals surface area contributed by atoms with E-state index in [1.165, 1.54) is 0 Å². The maximum absolute atomic E-state index is 5.71. The number of nitrogen functional groups attached to an aromatic ring is 1. The van der Waals surface area contributed by atoms with Gasteiger partial charge in [-0.2, -0.15) is 0 Å². The Bertz CT molecular complexity index is 351. The van der Waals surface area contributed by atoms with Crippen molar-refractivity contribution in [2.45, 2.75) is 40.0 Å². The van der Waals surface area contributed by atoms with Gasteiger partial charge in [-0.3, -0.25) is 0 Å². The minimum atomic E-state index is 0.0527. The molecule has 0 aliphatic heterocycles. The average Bonchev–Trinajstić information content (AvgIpc) is 2.19. The standard InChI is InChI=1S/C12H15N.C2H6/c1-5-9-6-7-10(13)8-11(9)12(2,3)4;1-2/h1,6-8H,13H2,2-4H3;1-2H3. The highest BCUT2D eigenvalue weighted by Gasteiger charge is 2.16. The van der Waals surface area contributed by atoms with Gasteiger partial charge in [-0.15, -0.1) is 6.42 Å². The van der Waals surface area contributed by atoms with Crippen molar-refractivity contribution in [3.63, 3.8) is 0 Å². The Morgan fingerprint density at radius 1 is 1.20 bits per heavy atom. The molecule has 1 aromatic carbocycles. The number of anilines is 1. The fraction of sp³-hybridized carbons (Fsp3) is 0.429. The summed E-state index contributed by atoms with van der Waals surface area (Å²) in [6.45, 7) is 10.4. The van der Waals surface area contributed by atoms with Crippen LogP contribution in [0.5, 0.6) is 0 Å². The Kier molecular flexibility index (Phi) is 4.94. The second-order valence-corrected chi connectivity index (χ2v) is 4.20. The van der Waals surface area contributed by atoms with E-state index in [0.29, 0.717) is 0 Å². The van der Waals surface area contributed by atoms with E-state index in [2.05, 4.69) is 26.7 Å². The molecule has 0 heterocycles. The number of benzene rings is 1. The van der Waals surface area contributed by atoms with E-state index in [-0.39, 0.29) is 5.41 Å². The van der Waals surface area contributed by atoms with Crippen molar-refractivity contribution < 1.29 is 0 Å². The van der Waals surface area contributed by atoms with Gasteiger partial charge in [0.1, 0.15) is 0 Å². The Hall–Kier alpha value is -1.42. The number of terminal acetylenes is 1. The van der Waals surface area contributed by atoms with Gasteiger partial charge in [0.25, 0.3) is 0 Å². The van der Waals surface area contributed by atoms with Gasteiger partial charge in [-0.1, -0.05) is 40.5 Å². The van der Waals surface area contributed by atoms with Gasteiger partial charge >= 0.3 is 0 Å². The van der Waals surface area contributed by atoms with Gasteiger partial charge in [0.2, 0.25) is 0 Å². The van der Waals surface area contributed by atoms with Crippen LogP contribution in [0.2, 0.25) is 0 Å². The van der Waals surface area contributed by atoms with Crippen molar-refractivity contribution in [3.8, 4) is 12.3 Å². The molecule has 1 nitrogen and oxygen atoms in total. The van der Waals surface area contributed by atoms with Gasteiger partial charge in [0, 0.05) is 11.3 Å². The van der Waals surface area contributed by atoms with Crippen molar-refractivity contribution in [3.05, 3.63) is 29.3 Å². The molecule has 0 radical (unpaired) electrons. The lowest BCUT2D eigenvalue weighted by atomic mass is 9.83. The predicted octanol–water partition coefficient (Wildman–Crippen LogP) is 3.57. The molecule has 82 valence electrons. The van der Waals surface area contributed by atoms with E-state index in [4.69, 9.17) is 12.2 Å².